The minimum absolute atomic E-state index is 0.265. The fourth-order valence-corrected chi connectivity index (χ4v) is 2.70. The highest BCUT2D eigenvalue weighted by atomic mass is 35.5. The number of hydrogen-bond acceptors (Lipinski definition) is 3. The predicted octanol–water partition coefficient (Wildman–Crippen LogP) is 2.81. The van der Waals surface area contributed by atoms with Crippen LogP contribution >= 0.6 is 11.6 Å². The van der Waals surface area contributed by atoms with E-state index in [0.717, 1.165) is 6.07 Å². The van der Waals surface area contributed by atoms with Gasteiger partial charge >= 0.3 is 0 Å². The molecule has 0 bridgehead atoms. The molecule has 21 heavy (non-hydrogen) atoms. The number of benzene rings is 2. The average Bonchev–Trinajstić information content (AvgIpc) is 2.43. The van der Waals surface area contributed by atoms with Crippen LogP contribution < -0.4 is 11.1 Å². The van der Waals surface area contributed by atoms with Crippen LogP contribution in [0.15, 0.2) is 47.4 Å². The van der Waals surface area contributed by atoms with E-state index in [1.54, 1.807) is 12.1 Å². The van der Waals surface area contributed by atoms with E-state index >= 15 is 0 Å². The molecule has 0 aromatic heterocycles. The highest BCUT2D eigenvalue weighted by molar-refractivity contribution is 7.85. The molecule has 0 spiro atoms. The summed E-state index contributed by atoms with van der Waals surface area (Å²) >= 11 is 5.77. The lowest BCUT2D eigenvalue weighted by atomic mass is 10.3. The summed E-state index contributed by atoms with van der Waals surface area (Å²) < 4.78 is 25.0. The van der Waals surface area contributed by atoms with Crippen molar-refractivity contribution in [2.75, 3.05) is 16.8 Å². The molecular weight excluding hydrogens is 315 g/mol. The molecule has 2 aromatic carbocycles. The van der Waals surface area contributed by atoms with Crippen LogP contribution in [0.25, 0.3) is 0 Å². The smallest absolute Gasteiger partial charge is 0.237 e. The summed E-state index contributed by atoms with van der Waals surface area (Å²) in [6.07, 6.45) is 0. The summed E-state index contributed by atoms with van der Waals surface area (Å²) in [4.78, 5) is 12.1. The number of hydrogen-bond donors (Lipinski definition) is 2. The predicted molar refractivity (Wildman–Crippen MR) is 82.2 cm³/mol. The minimum Gasteiger partial charge on any atom is -0.397 e. The number of amides is 1. The Morgan fingerprint density at radius 2 is 2.05 bits per heavy atom. The van der Waals surface area contributed by atoms with Gasteiger partial charge in [-0.05, 0) is 36.4 Å². The van der Waals surface area contributed by atoms with Gasteiger partial charge in [0.1, 0.15) is 11.6 Å². The molecule has 110 valence electrons. The molecule has 1 atom stereocenters. The van der Waals surface area contributed by atoms with Crippen LogP contribution in [-0.2, 0) is 15.6 Å². The molecule has 0 radical (unpaired) electrons. The molecule has 0 aliphatic rings. The third-order valence-electron chi connectivity index (χ3n) is 2.60. The van der Waals surface area contributed by atoms with E-state index in [1.165, 1.54) is 24.3 Å². The van der Waals surface area contributed by atoms with E-state index < -0.39 is 22.5 Å². The first-order valence-corrected chi connectivity index (χ1v) is 7.64. The van der Waals surface area contributed by atoms with Crippen molar-refractivity contribution < 1.29 is 13.4 Å². The number of carbonyl (C=O) groups is 1. The van der Waals surface area contributed by atoms with E-state index in [-0.39, 0.29) is 10.6 Å². The molecule has 7 heteroatoms. The van der Waals surface area contributed by atoms with Crippen molar-refractivity contribution in [3.8, 4) is 0 Å². The maximum Gasteiger partial charge on any atom is 0.237 e. The number of rotatable bonds is 4. The Hall–Kier alpha value is -1.92. The number of halogens is 2. The van der Waals surface area contributed by atoms with Gasteiger partial charge in [-0.2, -0.15) is 0 Å². The van der Waals surface area contributed by atoms with E-state index in [1.807, 2.05) is 0 Å². The Kier molecular flexibility index (Phi) is 4.93. The SMILES string of the molecule is Nc1cc(NC(=O)CS(=O)c2cccc(F)c2)ccc1Cl. The van der Waals surface area contributed by atoms with Crippen LogP contribution in [0.4, 0.5) is 15.8 Å². The van der Waals surface area contributed by atoms with Crippen molar-refractivity contribution in [2.24, 2.45) is 0 Å². The number of nitrogens with one attached hydrogen (secondary N) is 1. The van der Waals surface area contributed by atoms with Crippen molar-refractivity contribution in [1.29, 1.82) is 0 Å². The molecule has 2 rings (SSSR count). The van der Waals surface area contributed by atoms with Crippen molar-refractivity contribution in [1.82, 2.24) is 0 Å². The normalized spacial score (nSPS) is 11.9. The lowest BCUT2D eigenvalue weighted by Gasteiger charge is -2.07. The Bertz CT molecular complexity index is 709. The summed E-state index contributed by atoms with van der Waals surface area (Å²) in [5, 5.41) is 2.95. The fraction of sp³-hybridized carbons (Fsp3) is 0.0714. The Labute approximate surface area is 128 Å². The Morgan fingerprint density at radius 3 is 2.71 bits per heavy atom. The molecule has 0 aliphatic heterocycles. The quantitative estimate of drug-likeness (QED) is 0.849. The molecule has 0 fully saturated rings. The number of nitrogen functional groups attached to an aromatic ring is 1. The van der Waals surface area contributed by atoms with Gasteiger partial charge in [0.2, 0.25) is 5.91 Å². The Morgan fingerprint density at radius 1 is 1.29 bits per heavy atom. The maximum absolute atomic E-state index is 13.0. The summed E-state index contributed by atoms with van der Waals surface area (Å²) in [6.45, 7) is 0. The minimum atomic E-state index is -1.62. The van der Waals surface area contributed by atoms with Crippen LogP contribution in [0.3, 0.4) is 0 Å². The third-order valence-corrected chi connectivity index (χ3v) is 4.25. The van der Waals surface area contributed by atoms with E-state index in [0.29, 0.717) is 16.4 Å². The monoisotopic (exact) mass is 326 g/mol. The Balaban J connectivity index is 2.01. The average molecular weight is 327 g/mol. The van der Waals surface area contributed by atoms with Gasteiger partial charge in [-0.25, -0.2) is 4.39 Å². The largest absolute Gasteiger partial charge is 0.397 e. The maximum atomic E-state index is 13.0. The fourth-order valence-electron chi connectivity index (χ4n) is 1.63. The number of anilines is 2. The summed E-state index contributed by atoms with van der Waals surface area (Å²) in [6, 6.07) is 9.98. The van der Waals surface area contributed by atoms with Crippen molar-refractivity contribution >= 4 is 39.7 Å². The molecule has 0 saturated heterocycles. The molecule has 1 unspecified atom stereocenters. The zero-order chi connectivity index (χ0) is 15.4. The van der Waals surface area contributed by atoms with E-state index in [9.17, 15) is 13.4 Å². The first-order chi connectivity index (χ1) is 9.95. The summed E-state index contributed by atoms with van der Waals surface area (Å²) in [7, 11) is -1.62. The second kappa shape index (κ2) is 6.69. The van der Waals surface area contributed by atoms with Gasteiger partial charge in [-0.1, -0.05) is 17.7 Å². The zero-order valence-corrected chi connectivity index (χ0v) is 12.4. The molecule has 0 saturated carbocycles. The van der Waals surface area contributed by atoms with Crippen molar-refractivity contribution in [3.05, 3.63) is 53.3 Å². The molecule has 3 N–H and O–H groups in total. The molecule has 0 heterocycles. The van der Waals surface area contributed by atoms with E-state index in [4.69, 9.17) is 17.3 Å². The third kappa shape index (κ3) is 4.27. The zero-order valence-electron chi connectivity index (χ0n) is 10.8. The van der Waals surface area contributed by atoms with Gasteiger partial charge in [0.15, 0.2) is 0 Å². The lowest BCUT2D eigenvalue weighted by molar-refractivity contribution is -0.113. The summed E-state index contributed by atoms with van der Waals surface area (Å²) in [5.41, 5.74) is 6.41. The molecule has 0 aliphatic carbocycles. The van der Waals surface area contributed by atoms with Crippen LogP contribution in [0.1, 0.15) is 0 Å². The van der Waals surface area contributed by atoms with Gasteiger partial charge < -0.3 is 11.1 Å². The molecule has 4 nitrogen and oxygen atoms in total. The van der Waals surface area contributed by atoms with Crippen LogP contribution in [0, 0.1) is 5.82 Å². The number of nitrogens with two attached hydrogens (primary N) is 1. The first-order valence-electron chi connectivity index (χ1n) is 5.94. The van der Waals surface area contributed by atoms with Crippen LogP contribution in [-0.4, -0.2) is 15.9 Å². The second-order valence-corrected chi connectivity index (χ2v) is 6.09. The topological polar surface area (TPSA) is 72.2 Å². The summed E-state index contributed by atoms with van der Waals surface area (Å²) in [5.74, 6) is -1.22. The van der Waals surface area contributed by atoms with Crippen molar-refractivity contribution in [3.63, 3.8) is 0 Å². The van der Waals surface area contributed by atoms with Gasteiger partial charge in [0, 0.05) is 10.6 Å². The molecule has 1 amide bonds. The standard InChI is InChI=1S/C14H12ClFN2O2S/c15-12-5-4-10(7-13(12)17)18-14(19)8-21(20)11-3-1-2-9(16)6-11/h1-7H,8,17H2,(H,18,19). The second-order valence-electron chi connectivity index (χ2n) is 4.23. The molecular formula is C14H12ClFN2O2S. The van der Waals surface area contributed by atoms with E-state index in [2.05, 4.69) is 5.32 Å². The van der Waals surface area contributed by atoms with Gasteiger partial charge in [0.05, 0.1) is 21.5 Å². The van der Waals surface area contributed by atoms with Crippen LogP contribution in [0.2, 0.25) is 5.02 Å². The van der Waals surface area contributed by atoms with Gasteiger partial charge in [-0.3, -0.25) is 9.00 Å². The molecule has 2 aromatic rings. The van der Waals surface area contributed by atoms with Gasteiger partial charge in [0.25, 0.3) is 0 Å². The number of carbonyl (C=O) groups excluding carboxylic acids is 1. The first kappa shape index (κ1) is 15.5. The van der Waals surface area contributed by atoms with Gasteiger partial charge in [-0.15, -0.1) is 0 Å². The van der Waals surface area contributed by atoms with Crippen molar-refractivity contribution in [2.45, 2.75) is 4.90 Å². The highest BCUT2D eigenvalue weighted by Crippen LogP contribution is 2.22. The highest BCUT2D eigenvalue weighted by Gasteiger charge is 2.11. The lowest BCUT2D eigenvalue weighted by Crippen LogP contribution is -2.19. The van der Waals surface area contributed by atoms with Crippen LogP contribution in [0.5, 0.6) is 0 Å².